The molecular formula is C20H29N5O2. The molecule has 27 heavy (non-hydrogen) atoms. The van der Waals surface area contributed by atoms with E-state index in [1.807, 2.05) is 31.0 Å². The Bertz CT molecular complexity index is 793. The third-order valence-electron chi connectivity index (χ3n) is 5.03. The van der Waals surface area contributed by atoms with Gasteiger partial charge in [0, 0.05) is 30.4 Å². The van der Waals surface area contributed by atoms with Gasteiger partial charge < -0.3 is 16.4 Å². The van der Waals surface area contributed by atoms with E-state index in [9.17, 15) is 9.59 Å². The molecule has 3 rings (SSSR count). The monoisotopic (exact) mass is 371 g/mol. The summed E-state index contributed by atoms with van der Waals surface area (Å²) in [6, 6.07) is 5.66. The van der Waals surface area contributed by atoms with Crippen LogP contribution in [0.4, 0.5) is 4.79 Å². The zero-order valence-corrected chi connectivity index (χ0v) is 16.3. The molecule has 1 aliphatic carbocycles. The Morgan fingerprint density at radius 3 is 2.48 bits per heavy atom. The molecule has 0 radical (unpaired) electrons. The lowest BCUT2D eigenvalue weighted by atomic mass is 9.95. The standard InChI is InChI=1S/C19H24N4O2.CH5N/c1-13-8-9-14(10-16(13)18(20)24)17-11-23(12-21-17)19(25)22(2)15-6-4-3-5-7-15;1-2/h8-12,15H,3-7H2,1-2H3,(H2,20,24);2H2,1H3. The molecule has 1 aromatic carbocycles. The quantitative estimate of drug-likeness (QED) is 0.865. The van der Waals surface area contributed by atoms with Crippen LogP contribution in [0.2, 0.25) is 0 Å². The lowest BCUT2D eigenvalue weighted by Gasteiger charge is -2.31. The van der Waals surface area contributed by atoms with Crippen molar-refractivity contribution in [3.8, 4) is 11.3 Å². The zero-order valence-electron chi connectivity index (χ0n) is 16.3. The summed E-state index contributed by atoms with van der Waals surface area (Å²) in [4.78, 5) is 30.4. The SMILES string of the molecule is CN.Cc1ccc(-c2cn(C(=O)N(C)C3CCCCC3)cn2)cc1C(N)=O. The second kappa shape index (κ2) is 9.32. The highest BCUT2D eigenvalue weighted by Crippen LogP contribution is 2.24. The summed E-state index contributed by atoms with van der Waals surface area (Å²) in [6.45, 7) is 1.84. The number of aryl methyl sites for hydroxylation is 1. The number of primary amides is 1. The first kappa shape index (κ1) is 20.6. The number of rotatable bonds is 3. The van der Waals surface area contributed by atoms with E-state index in [1.54, 1.807) is 12.3 Å². The highest BCUT2D eigenvalue weighted by molar-refractivity contribution is 5.95. The van der Waals surface area contributed by atoms with Crippen LogP contribution in [0.25, 0.3) is 11.3 Å². The minimum absolute atomic E-state index is 0.0760. The highest BCUT2D eigenvalue weighted by Gasteiger charge is 2.23. The van der Waals surface area contributed by atoms with Crippen molar-refractivity contribution in [2.75, 3.05) is 14.1 Å². The van der Waals surface area contributed by atoms with Crippen LogP contribution in [0, 0.1) is 6.92 Å². The Morgan fingerprint density at radius 2 is 1.85 bits per heavy atom. The second-order valence-corrected chi connectivity index (χ2v) is 6.75. The molecule has 0 spiro atoms. The predicted molar refractivity (Wildman–Crippen MR) is 106 cm³/mol. The second-order valence-electron chi connectivity index (χ2n) is 6.75. The van der Waals surface area contributed by atoms with Gasteiger partial charge in [-0.05, 0) is 38.4 Å². The number of carbonyl (C=O) groups excluding carboxylic acids is 2. The van der Waals surface area contributed by atoms with Crippen LogP contribution in [0.1, 0.15) is 48.0 Å². The van der Waals surface area contributed by atoms with Crippen molar-refractivity contribution in [2.24, 2.45) is 11.5 Å². The Hall–Kier alpha value is -2.67. The summed E-state index contributed by atoms with van der Waals surface area (Å²) in [5.41, 5.74) is 12.6. The van der Waals surface area contributed by atoms with Crippen molar-refractivity contribution in [2.45, 2.75) is 45.1 Å². The maximum Gasteiger partial charge on any atom is 0.329 e. The molecule has 4 N–H and O–H groups in total. The van der Waals surface area contributed by atoms with E-state index >= 15 is 0 Å². The zero-order chi connectivity index (χ0) is 20.0. The topological polar surface area (TPSA) is 107 Å². The molecule has 146 valence electrons. The minimum atomic E-state index is -0.466. The Morgan fingerprint density at radius 1 is 1.19 bits per heavy atom. The van der Waals surface area contributed by atoms with Crippen molar-refractivity contribution in [1.29, 1.82) is 0 Å². The largest absolute Gasteiger partial charge is 0.366 e. The Balaban J connectivity index is 0.00000126. The molecule has 0 saturated heterocycles. The molecule has 1 heterocycles. The molecule has 7 heteroatoms. The first-order valence-electron chi connectivity index (χ1n) is 9.27. The molecule has 0 atom stereocenters. The molecule has 1 aromatic heterocycles. The van der Waals surface area contributed by atoms with Crippen LogP contribution in [0.15, 0.2) is 30.7 Å². The molecule has 0 unspecified atom stereocenters. The van der Waals surface area contributed by atoms with Gasteiger partial charge in [0.25, 0.3) is 0 Å². The summed E-state index contributed by atoms with van der Waals surface area (Å²) in [6.07, 6.45) is 8.96. The van der Waals surface area contributed by atoms with Gasteiger partial charge in [-0.3, -0.25) is 9.36 Å². The van der Waals surface area contributed by atoms with Crippen molar-refractivity contribution in [3.05, 3.63) is 41.9 Å². The average molecular weight is 371 g/mol. The van der Waals surface area contributed by atoms with Gasteiger partial charge in [-0.2, -0.15) is 0 Å². The van der Waals surface area contributed by atoms with E-state index in [2.05, 4.69) is 10.7 Å². The van der Waals surface area contributed by atoms with E-state index in [-0.39, 0.29) is 6.03 Å². The number of imidazole rings is 1. The van der Waals surface area contributed by atoms with Crippen LogP contribution >= 0.6 is 0 Å². The fraction of sp³-hybridized carbons (Fsp3) is 0.450. The summed E-state index contributed by atoms with van der Waals surface area (Å²) in [5.74, 6) is -0.466. The normalized spacial score (nSPS) is 14.2. The molecule has 1 aliphatic rings. The smallest absolute Gasteiger partial charge is 0.329 e. The number of amides is 2. The van der Waals surface area contributed by atoms with Gasteiger partial charge in [-0.25, -0.2) is 9.78 Å². The van der Waals surface area contributed by atoms with Gasteiger partial charge >= 0.3 is 6.03 Å². The third-order valence-corrected chi connectivity index (χ3v) is 5.03. The van der Waals surface area contributed by atoms with Crippen molar-refractivity contribution in [1.82, 2.24) is 14.5 Å². The van der Waals surface area contributed by atoms with Crippen LogP contribution in [-0.2, 0) is 0 Å². The third kappa shape index (κ3) is 4.74. The van der Waals surface area contributed by atoms with Crippen LogP contribution in [-0.4, -0.2) is 46.5 Å². The summed E-state index contributed by atoms with van der Waals surface area (Å²) >= 11 is 0. The van der Waals surface area contributed by atoms with Gasteiger partial charge in [0.2, 0.25) is 5.91 Å². The molecule has 1 saturated carbocycles. The summed E-state index contributed by atoms with van der Waals surface area (Å²) in [7, 11) is 3.36. The fourth-order valence-corrected chi connectivity index (χ4v) is 3.43. The van der Waals surface area contributed by atoms with Crippen molar-refractivity contribution in [3.63, 3.8) is 0 Å². The average Bonchev–Trinajstić information content (AvgIpc) is 3.19. The van der Waals surface area contributed by atoms with Gasteiger partial charge in [0.15, 0.2) is 0 Å². The van der Waals surface area contributed by atoms with Gasteiger partial charge in [-0.15, -0.1) is 0 Å². The molecule has 0 aliphatic heterocycles. The molecule has 2 aromatic rings. The number of hydrogen-bond acceptors (Lipinski definition) is 4. The fourth-order valence-electron chi connectivity index (χ4n) is 3.43. The summed E-state index contributed by atoms with van der Waals surface area (Å²) in [5, 5.41) is 0. The number of carbonyl (C=O) groups is 2. The van der Waals surface area contributed by atoms with Gasteiger partial charge in [-0.1, -0.05) is 31.4 Å². The maximum absolute atomic E-state index is 12.7. The predicted octanol–water partition coefficient (Wildman–Crippen LogP) is 2.76. The molecule has 2 amide bonds. The van der Waals surface area contributed by atoms with Crippen LogP contribution in [0.5, 0.6) is 0 Å². The Kier molecular flexibility index (Phi) is 7.12. The number of aromatic nitrogens is 2. The van der Waals surface area contributed by atoms with Gasteiger partial charge in [0.1, 0.15) is 6.33 Å². The van der Waals surface area contributed by atoms with Crippen molar-refractivity contribution >= 4 is 11.9 Å². The maximum atomic E-state index is 12.7. The van der Waals surface area contributed by atoms with Crippen LogP contribution in [0.3, 0.4) is 0 Å². The van der Waals surface area contributed by atoms with E-state index in [1.165, 1.54) is 37.2 Å². The Labute approximate surface area is 160 Å². The molecule has 7 nitrogen and oxygen atoms in total. The minimum Gasteiger partial charge on any atom is -0.366 e. The lowest BCUT2D eigenvalue weighted by Crippen LogP contribution is -2.40. The number of nitrogens with zero attached hydrogens (tertiary/aromatic N) is 3. The molecular weight excluding hydrogens is 342 g/mol. The van der Waals surface area contributed by atoms with Gasteiger partial charge in [0.05, 0.1) is 5.69 Å². The van der Waals surface area contributed by atoms with Crippen LogP contribution < -0.4 is 11.5 Å². The highest BCUT2D eigenvalue weighted by atomic mass is 16.2. The van der Waals surface area contributed by atoms with E-state index in [0.717, 1.165) is 24.0 Å². The summed E-state index contributed by atoms with van der Waals surface area (Å²) < 4.78 is 1.51. The van der Waals surface area contributed by atoms with E-state index < -0.39 is 5.91 Å². The van der Waals surface area contributed by atoms with E-state index in [0.29, 0.717) is 17.3 Å². The lowest BCUT2D eigenvalue weighted by molar-refractivity contribution is 0.0999. The number of hydrogen-bond donors (Lipinski definition) is 2. The van der Waals surface area contributed by atoms with E-state index in [4.69, 9.17) is 5.73 Å². The molecule has 1 fully saturated rings. The first-order valence-corrected chi connectivity index (χ1v) is 9.27. The van der Waals surface area contributed by atoms with Crippen molar-refractivity contribution < 1.29 is 9.59 Å². The number of nitrogens with two attached hydrogens (primary N) is 2. The number of benzene rings is 1. The molecule has 0 bridgehead atoms. The first-order chi connectivity index (χ1) is 13.0.